The zero-order chi connectivity index (χ0) is 22.1. The second kappa shape index (κ2) is 7.87. The second-order valence-electron chi connectivity index (χ2n) is 14.5. The third-order valence-electron chi connectivity index (χ3n) is 9.66. The number of hydrogen-bond donors (Lipinski definition) is 1. The predicted octanol–water partition coefficient (Wildman–Crippen LogP) is 6.92. The molecule has 0 amide bonds. The van der Waals surface area contributed by atoms with E-state index in [9.17, 15) is 0 Å². The van der Waals surface area contributed by atoms with Crippen molar-refractivity contribution in [1.29, 1.82) is 0 Å². The summed E-state index contributed by atoms with van der Waals surface area (Å²) in [7, 11) is 0.922. The monoisotopic (exact) mass is 432 g/mol. The Morgan fingerprint density at radius 3 is 2.17 bits per heavy atom. The highest BCUT2D eigenvalue weighted by Crippen LogP contribution is 2.64. The first kappa shape index (κ1) is 23.3. The Bertz CT molecular complexity index is 621. The zero-order valence-electron chi connectivity index (χ0n) is 21.7. The van der Waals surface area contributed by atoms with Crippen molar-refractivity contribution >= 4 is 8.24 Å². The topological polar surface area (TPSA) is 15.3 Å². The first-order valence-electron chi connectivity index (χ1n) is 13.3. The van der Waals surface area contributed by atoms with Crippen molar-refractivity contribution in [3.63, 3.8) is 0 Å². The average molecular weight is 433 g/mol. The molecular formula is C27H52N2Si. The van der Waals surface area contributed by atoms with Gasteiger partial charge in [-0.1, -0.05) is 60.1 Å². The molecule has 1 aliphatic heterocycles. The van der Waals surface area contributed by atoms with Crippen molar-refractivity contribution in [1.82, 2.24) is 9.88 Å². The van der Waals surface area contributed by atoms with E-state index in [0.29, 0.717) is 5.41 Å². The molecule has 1 N–H and O–H groups in total. The number of nitrogens with zero attached hydrogens (tertiary/aromatic N) is 1. The molecule has 30 heavy (non-hydrogen) atoms. The molecule has 0 aromatic carbocycles. The maximum Gasteiger partial charge on any atom is 0.123 e. The standard InChI is InChI=1S/C27H52N2Si/c1-18-14-15-22-21(16-18)23-24(29(22)7)19-12-10-11-13-20(19)25(23)30(8,9)28-27(5,6)17-26(2,3)4/h18-25,28H,10-17H2,1-9H3. The van der Waals surface area contributed by atoms with E-state index in [1.165, 1.54) is 51.4 Å². The molecule has 4 rings (SSSR count). The zero-order valence-corrected chi connectivity index (χ0v) is 22.7. The molecule has 0 spiro atoms. The quantitative estimate of drug-likeness (QED) is 0.485. The second-order valence-corrected chi connectivity index (χ2v) is 18.8. The molecule has 8 atom stereocenters. The van der Waals surface area contributed by atoms with Crippen LogP contribution in [0, 0.1) is 35.0 Å². The van der Waals surface area contributed by atoms with Gasteiger partial charge < -0.3 is 4.98 Å². The minimum Gasteiger partial charge on any atom is -0.332 e. The van der Waals surface area contributed by atoms with Gasteiger partial charge in [-0.2, -0.15) is 0 Å². The van der Waals surface area contributed by atoms with Crippen molar-refractivity contribution in [2.45, 2.75) is 129 Å². The Labute approximate surface area is 189 Å². The molecule has 2 nitrogen and oxygen atoms in total. The fourth-order valence-electron chi connectivity index (χ4n) is 9.83. The molecule has 1 heterocycles. The summed E-state index contributed by atoms with van der Waals surface area (Å²) in [5, 5.41) is 0. The molecule has 3 aliphatic carbocycles. The molecule has 1 saturated heterocycles. The summed E-state index contributed by atoms with van der Waals surface area (Å²) in [6.45, 7) is 20.2. The van der Waals surface area contributed by atoms with Gasteiger partial charge in [-0.05, 0) is 93.5 Å². The van der Waals surface area contributed by atoms with Crippen molar-refractivity contribution in [3.05, 3.63) is 0 Å². The minimum atomic E-state index is -1.60. The first-order valence-corrected chi connectivity index (χ1v) is 16.4. The average Bonchev–Trinajstić information content (AvgIpc) is 3.06. The Morgan fingerprint density at radius 2 is 1.53 bits per heavy atom. The number of fused-ring (bicyclic) bond motifs is 5. The van der Waals surface area contributed by atoms with E-state index in [-0.39, 0.29) is 5.54 Å². The molecule has 3 saturated carbocycles. The maximum absolute atomic E-state index is 4.42. The highest BCUT2D eigenvalue weighted by atomic mass is 28.3. The van der Waals surface area contributed by atoms with Gasteiger partial charge >= 0.3 is 0 Å². The lowest BCUT2D eigenvalue weighted by Crippen LogP contribution is -2.61. The van der Waals surface area contributed by atoms with Crippen LogP contribution in [0.5, 0.6) is 0 Å². The van der Waals surface area contributed by atoms with Gasteiger partial charge in [0.05, 0.1) is 0 Å². The largest absolute Gasteiger partial charge is 0.332 e. The van der Waals surface area contributed by atoms with Gasteiger partial charge in [-0.15, -0.1) is 0 Å². The highest BCUT2D eigenvalue weighted by Gasteiger charge is 2.64. The van der Waals surface area contributed by atoms with Crippen LogP contribution in [0.1, 0.15) is 92.9 Å². The Balaban J connectivity index is 1.66. The Morgan fingerprint density at radius 1 is 0.900 bits per heavy atom. The van der Waals surface area contributed by atoms with E-state index in [1.54, 1.807) is 0 Å². The van der Waals surface area contributed by atoms with Crippen LogP contribution in [0.15, 0.2) is 0 Å². The van der Waals surface area contributed by atoms with Crippen LogP contribution >= 0.6 is 0 Å². The van der Waals surface area contributed by atoms with Crippen LogP contribution in [0.4, 0.5) is 0 Å². The molecule has 4 fully saturated rings. The van der Waals surface area contributed by atoms with Crippen LogP contribution in [0.3, 0.4) is 0 Å². The van der Waals surface area contributed by atoms with Gasteiger partial charge in [-0.3, -0.25) is 4.90 Å². The Kier molecular flexibility index (Phi) is 6.11. The summed E-state index contributed by atoms with van der Waals surface area (Å²) in [6, 6.07) is 1.77. The van der Waals surface area contributed by atoms with Crippen LogP contribution in [-0.2, 0) is 0 Å². The van der Waals surface area contributed by atoms with E-state index in [2.05, 4.69) is 71.6 Å². The summed E-state index contributed by atoms with van der Waals surface area (Å²) < 4.78 is 0. The van der Waals surface area contributed by atoms with Crippen molar-refractivity contribution < 1.29 is 0 Å². The molecule has 0 radical (unpaired) electrons. The van der Waals surface area contributed by atoms with E-state index in [0.717, 1.165) is 47.2 Å². The lowest BCUT2D eigenvalue weighted by atomic mass is 9.74. The molecular weight excluding hydrogens is 380 g/mol. The highest BCUT2D eigenvalue weighted by molar-refractivity contribution is 6.76. The predicted molar refractivity (Wildman–Crippen MR) is 133 cm³/mol. The van der Waals surface area contributed by atoms with Gasteiger partial charge in [0.15, 0.2) is 0 Å². The van der Waals surface area contributed by atoms with Crippen molar-refractivity contribution in [3.8, 4) is 0 Å². The van der Waals surface area contributed by atoms with Crippen LogP contribution < -0.4 is 4.98 Å². The van der Waals surface area contributed by atoms with E-state index >= 15 is 0 Å². The minimum absolute atomic E-state index is 0.236. The third kappa shape index (κ3) is 4.21. The van der Waals surface area contributed by atoms with Gasteiger partial charge in [0.1, 0.15) is 8.24 Å². The molecule has 0 aromatic rings. The third-order valence-corrected chi connectivity index (χ3v) is 13.5. The SMILES string of the molecule is CC1CCC2C(C1)C1C(C3CCCCC3C1[Si](C)(C)NC(C)(C)CC(C)(C)C)N2C. The summed E-state index contributed by atoms with van der Waals surface area (Å²) in [4.78, 5) is 7.36. The van der Waals surface area contributed by atoms with Crippen molar-refractivity contribution in [2.75, 3.05) is 7.05 Å². The smallest absolute Gasteiger partial charge is 0.123 e. The molecule has 3 heteroatoms. The van der Waals surface area contributed by atoms with Crippen LogP contribution in [0.2, 0.25) is 18.6 Å². The van der Waals surface area contributed by atoms with Crippen LogP contribution in [0.25, 0.3) is 0 Å². The fraction of sp³-hybridized carbons (Fsp3) is 1.00. The lowest BCUT2D eigenvalue weighted by molar-refractivity contribution is 0.109. The molecule has 174 valence electrons. The molecule has 4 aliphatic rings. The van der Waals surface area contributed by atoms with Crippen molar-refractivity contribution in [2.24, 2.45) is 35.0 Å². The number of likely N-dealkylation sites (tertiary alicyclic amines) is 1. The van der Waals surface area contributed by atoms with E-state index in [4.69, 9.17) is 0 Å². The summed E-state index contributed by atoms with van der Waals surface area (Å²) in [6.07, 6.45) is 11.7. The summed E-state index contributed by atoms with van der Waals surface area (Å²) in [5.74, 6) is 4.86. The van der Waals surface area contributed by atoms with Gasteiger partial charge in [0.25, 0.3) is 0 Å². The van der Waals surface area contributed by atoms with Crippen LogP contribution in [-0.4, -0.2) is 37.8 Å². The first-order chi connectivity index (χ1) is 13.8. The summed E-state index contributed by atoms with van der Waals surface area (Å²) in [5.41, 5.74) is 1.58. The number of hydrogen-bond acceptors (Lipinski definition) is 2. The lowest BCUT2D eigenvalue weighted by Gasteiger charge is -2.48. The van der Waals surface area contributed by atoms with Gasteiger partial charge in [-0.25, -0.2) is 0 Å². The van der Waals surface area contributed by atoms with E-state index in [1.807, 2.05) is 0 Å². The molecule has 8 unspecified atom stereocenters. The fourth-order valence-corrected chi connectivity index (χ4v) is 14.7. The molecule has 0 bridgehead atoms. The molecule has 0 aromatic heterocycles. The van der Waals surface area contributed by atoms with Gasteiger partial charge in [0.2, 0.25) is 0 Å². The maximum atomic E-state index is 4.42. The van der Waals surface area contributed by atoms with E-state index < -0.39 is 8.24 Å². The van der Waals surface area contributed by atoms with Gasteiger partial charge in [0, 0.05) is 17.6 Å². The Hall–Kier alpha value is 0.137. The number of rotatable bonds is 4. The normalized spacial score (nSPS) is 42.7. The number of nitrogens with one attached hydrogen (secondary N) is 1. The summed E-state index contributed by atoms with van der Waals surface area (Å²) >= 11 is 0.